The number of hydrogen-bond donors (Lipinski definition) is 0. The fraction of sp³-hybridized carbons (Fsp3) is 0.414. The Balaban J connectivity index is 0.00000380. The molecule has 0 spiro atoms. The standard InChI is InChI=1S/C29H36Cl2N4O.ClH/c1-4-14-35-22(2)24(21-27(35)23-10-6-5-7-11-23)29(36)32(3)15-9-16-33-17-19-34(20-18-33)26-13-8-12-25(30)28(26)31;/h5-8,10-13,21H,4,9,14-20H2,1-3H3;1H. The smallest absolute Gasteiger partial charge is 0.255 e. The maximum Gasteiger partial charge on any atom is 0.255 e. The number of carbonyl (C=O) groups excluding carboxylic acids is 1. The Morgan fingerprint density at radius 3 is 2.35 bits per heavy atom. The molecule has 5 nitrogen and oxygen atoms in total. The van der Waals surface area contributed by atoms with Gasteiger partial charge in [0.1, 0.15) is 0 Å². The van der Waals surface area contributed by atoms with Gasteiger partial charge in [-0.3, -0.25) is 9.69 Å². The number of nitrogens with zero attached hydrogens (tertiary/aromatic N) is 4. The fourth-order valence-electron chi connectivity index (χ4n) is 5.01. The third-order valence-corrected chi connectivity index (χ3v) is 7.88. The van der Waals surface area contributed by atoms with E-state index >= 15 is 0 Å². The zero-order chi connectivity index (χ0) is 25.7. The van der Waals surface area contributed by atoms with Crippen LogP contribution >= 0.6 is 35.6 Å². The highest BCUT2D eigenvalue weighted by molar-refractivity contribution is 6.43. The van der Waals surface area contributed by atoms with Crippen molar-refractivity contribution in [1.29, 1.82) is 0 Å². The van der Waals surface area contributed by atoms with Crippen LogP contribution in [0.4, 0.5) is 5.69 Å². The maximum atomic E-state index is 13.4. The van der Waals surface area contributed by atoms with Crippen LogP contribution in [-0.4, -0.2) is 66.6 Å². The first-order valence-corrected chi connectivity index (χ1v) is 13.6. The van der Waals surface area contributed by atoms with Gasteiger partial charge in [-0.1, -0.05) is 66.5 Å². The molecule has 0 unspecified atom stereocenters. The number of halogens is 3. The van der Waals surface area contributed by atoms with Crippen molar-refractivity contribution >= 4 is 47.2 Å². The van der Waals surface area contributed by atoms with Crippen LogP contribution < -0.4 is 4.90 Å². The zero-order valence-electron chi connectivity index (χ0n) is 21.9. The molecule has 0 N–H and O–H groups in total. The third-order valence-electron chi connectivity index (χ3n) is 7.07. The summed E-state index contributed by atoms with van der Waals surface area (Å²) in [6.07, 6.45) is 1.97. The minimum absolute atomic E-state index is 0. The zero-order valence-corrected chi connectivity index (χ0v) is 24.2. The average molecular weight is 564 g/mol. The Hall–Kier alpha value is -2.18. The topological polar surface area (TPSA) is 31.7 Å². The van der Waals surface area contributed by atoms with Crippen molar-refractivity contribution in [3.05, 3.63) is 75.9 Å². The second-order valence-electron chi connectivity index (χ2n) is 9.53. The van der Waals surface area contributed by atoms with Gasteiger partial charge in [0.05, 0.1) is 21.3 Å². The molecule has 0 aliphatic carbocycles. The second-order valence-corrected chi connectivity index (χ2v) is 10.3. The molecule has 1 aromatic heterocycles. The van der Waals surface area contributed by atoms with E-state index in [9.17, 15) is 4.79 Å². The lowest BCUT2D eigenvalue weighted by atomic mass is 10.1. The van der Waals surface area contributed by atoms with Crippen LogP contribution in [-0.2, 0) is 6.54 Å². The van der Waals surface area contributed by atoms with E-state index in [-0.39, 0.29) is 18.3 Å². The molecular formula is C29H37Cl3N4O. The number of carbonyl (C=O) groups is 1. The highest BCUT2D eigenvalue weighted by Crippen LogP contribution is 2.33. The number of benzene rings is 2. The molecule has 0 atom stereocenters. The number of aromatic nitrogens is 1. The summed E-state index contributed by atoms with van der Waals surface area (Å²) in [6.45, 7) is 10.6. The van der Waals surface area contributed by atoms with E-state index in [1.807, 2.05) is 48.3 Å². The lowest BCUT2D eigenvalue weighted by Gasteiger charge is -2.36. The van der Waals surface area contributed by atoms with Gasteiger partial charge < -0.3 is 14.4 Å². The van der Waals surface area contributed by atoms with Crippen LogP contribution in [0.3, 0.4) is 0 Å². The maximum absolute atomic E-state index is 13.4. The molecular weight excluding hydrogens is 527 g/mol. The first-order valence-electron chi connectivity index (χ1n) is 12.8. The van der Waals surface area contributed by atoms with E-state index in [0.29, 0.717) is 10.0 Å². The van der Waals surface area contributed by atoms with Crippen LogP contribution in [0.25, 0.3) is 11.3 Å². The highest BCUT2D eigenvalue weighted by Gasteiger charge is 2.22. The Kier molecular flexibility index (Phi) is 10.8. The summed E-state index contributed by atoms with van der Waals surface area (Å²) in [5.41, 5.74) is 5.12. The summed E-state index contributed by atoms with van der Waals surface area (Å²) in [5.74, 6) is 0.0972. The van der Waals surface area contributed by atoms with E-state index in [1.54, 1.807) is 0 Å². The van der Waals surface area contributed by atoms with E-state index in [0.717, 1.165) is 86.9 Å². The number of hydrogen-bond acceptors (Lipinski definition) is 3. The molecule has 1 saturated heterocycles. The van der Waals surface area contributed by atoms with Gasteiger partial charge in [0.2, 0.25) is 0 Å². The van der Waals surface area contributed by atoms with E-state index in [4.69, 9.17) is 23.2 Å². The quantitative estimate of drug-likeness (QED) is 0.284. The largest absolute Gasteiger partial charge is 0.368 e. The Bertz CT molecular complexity index is 1170. The van der Waals surface area contributed by atoms with Gasteiger partial charge in [-0.2, -0.15) is 0 Å². The average Bonchev–Trinajstić information content (AvgIpc) is 3.22. The molecule has 1 aliphatic heterocycles. The fourth-order valence-corrected chi connectivity index (χ4v) is 5.42. The first-order chi connectivity index (χ1) is 17.4. The lowest BCUT2D eigenvalue weighted by molar-refractivity contribution is 0.0787. The molecule has 4 rings (SSSR count). The van der Waals surface area contributed by atoms with E-state index < -0.39 is 0 Å². The van der Waals surface area contributed by atoms with Crippen LogP contribution in [0.1, 0.15) is 35.8 Å². The summed E-state index contributed by atoms with van der Waals surface area (Å²) >= 11 is 12.6. The summed E-state index contributed by atoms with van der Waals surface area (Å²) in [4.78, 5) is 20.0. The normalized spacial score (nSPS) is 13.9. The molecule has 0 saturated carbocycles. The lowest BCUT2D eigenvalue weighted by Crippen LogP contribution is -2.47. The minimum atomic E-state index is 0. The van der Waals surface area contributed by atoms with Crippen LogP contribution in [0.5, 0.6) is 0 Å². The monoisotopic (exact) mass is 562 g/mol. The summed E-state index contributed by atoms with van der Waals surface area (Å²) in [6, 6.07) is 18.2. The predicted molar refractivity (Wildman–Crippen MR) is 159 cm³/mol. The summed E-state index contributed by atoms with van der Waals surface area (Å²) in [5, 5.41) is 1.23. The number of rotatable bonds is 9. The molecule has 0 bridgehead atoms. The molecule has 2 heterocycles. The molecule has 3 aromatic rings. The van der Waals surface area contributed by atoms with Gasteiger partial charge >= 0.3 is 0 Å². The van der Waals surface area contributed by atoms with Crippen molar-refractivity contribution in [1.82, 2.24) is 14.4 Å². The molecule has 8 heteroatoms. The van der Waals surface area contributed by atoms with Gasteiger partial charge in [-0.25, -0.2) is 0 Å². The van der Waals surface area contributed by atoms with Crippen LogP contribution in [0.15, 0.2) is 54.6 Å². The van der Waals surface area contributed by atoms with Gasteiger partial charge in [0.25, 0.3) is 5.91 Å². The van der Waals surface area contributed by atoms with Crippen LogP contribution in [0, 0.1) is 6.92 Å². The Morgan fingerprint density at radius 2 is 1.68 bits per heavy atom. The molecule has 2 aromatic carbocycles. The predicted octanol–water partition coefficient (Wildman–Crippen LogP) is 6.89. The molecule has 37 heavy (non-hydrogen) atoms. The molecule has 200 valence electrons. The molecule has 1 amide bonds. The van der Waals surface area contributed by atoms with Gasteiger partial charge in [-0.15, -0.1) is 12.4 Å². The number of anilines is 1. The molecule has 1 fully saturated rings. The minimum Gasteiger partial charge on any atom is -0.368 e. The van der Waals surface area contributed by atoms with Crippen molar-refractivity contribution in [2.45, 2.75) is 33.2 Å². The number of piperazine rings is 1. The van der Waals surface area contributed by atoms with Crippen LogP contribution in [0.2, 0.25) is 10.0 Å². The second kappa shape index (κ2) is 13.6. The SMILES string of the molecule is CCCn1c(-c2ccccc2)cc(C(=O)N(C)CCCN2CCN(c3cccc(Cl)c3Cl)CC2)c1C.Cl. The van der Waals surface area contributed by atoms with Crippen molar-refractivity contribution in [3.63, 3.8) is 0 Å². The first kappa shape index (κ1) is 29.4. The van der Waals surface area contributed by atoms with Crippen molar-refractivity contribution in [3.8, 4) is 11.3 Å². The van der Waals surface area contributed by atoms with Gasteiger partial charge in [0.15, 0.2) is 0 Å². The van der Waals surface area contributed by atoms with E-state index in [2.05, 4.69) is 46.4 Å². The molecule has 0 radical (unpaired) electrons. The summed E-state index contributed by atoms with van der Waals surface area (Å²) < 4.78 is 2.28. The van der Waals surface area contributed by atoms with Gasteiger partial charge in [-0.05, 0) is 50.1 Å². The third kappa shape index (κ3) is 6.83. The molecule has 1 aliphatic rings. The number of amides is 1. The highest BCUT2D eigenvalue weighted by atomic mass is 35.5. The Morgan fingerprint density at radius 1 is 0.973 bits per heavy atom. The van der Waals surface area contributed by atoms with E-state index in [1.165, 1.54) is 0 Å². The van der Waals surface area contributed by atoms with Crippen molar-refractivity contribution < 1.29 is 4.79 Å². The Labute approximate surface area is 237 Å². The van der Waals surface area contributed by atoms with Gasteiger partial charge in [0, 0.05) is 57.7 Å². The van der Waals surface area contributed by atoms with Crippen molar-refractivity contribution in [2.24, 2.45) is 0 Å². The van der Waals surface area contributed by atoms with Crippen molar-refractivity contribution in [2.75, 3.05) is 51.2 Å². The summed E-state index contributed by atoms with van der Waals surface area (Å²) in [7, 11) is 1.92.